The third kappa shape index (κ3) is 7.30. The van der Waals surface area contributed by atoms with Gasteiger partial charge in [0.1, 0.15) is 5.75 Å². The number of ether oxygens (including phenoxy) is 2. The Morgan fingerprint density at radius 1 is 1.29 bits per heavy atom. The van der Waals surface area contributed by atoms with Gasteiger partial charge in [0, 0.05) is 10.5 Å². The largest absolute Gasteiger partial charge is 0.496 e. The summed E-state index contributed by atoms with van der Waals surface area (Å²) in [6, 6.07) is 6.41. The van der Waals surface area contributed by atoms with Gasteiger partial charge in [-0.3, -0.25) is 0 Å². The van der Waals surface area contributed by atoms with E-state index in [4.69, 9.17) is 9.47 Å². The Balaban J connectivity index is 2.77. The van der Waals surface area contributed by atoms with Gasteiger partial charge in [0.05, 0.1) is 19.3 Å². The number of hydrogen-bond acceptors (Lipinski definition) is 3. The normalized spacial score (nSPS) is 13.2. The van der Waals surface area contributed by atoms with Crippen molar-refractivity contribution in [3.63, 3.8) is 0 Å². The van der Waals surface area contributed by atoms with Gasteiger partial charge in [-0.2, -0.15) is 0 Å². The van der Waals surface area contributed by atoms with E-state index in [2.05, 4.69) is 55.0 Å². The minimum Gasteiger partial charge on any atom is -0.496 e. The van der Waals surface area contributed by atoms with Crippen LogP contribution in [0.4, 0.5) is 0 Å². The van der Waals surface area contributed by atoms with Crippen LogP contribution in [0.5, 0.6) is 5.75 Å². The van der Waals surface area contributed by atoms with Crippen molar-refractivity contribution in [3.05, 3.63) is 28.2 Å². The van der Waals surface area contributed by atoms with E-state index in [0.29, 0.717) is 6.61 Å². The quantitative estimate of drug-likeness (QED) is 0.756. The zero-order valence-corrected chi connectivity index (χ0v) is 15.4. The molecule has 0 saturated heterocycles. The maximum Gasteiger partial charge on any atom is 0.122 e. The molecule has 0 bridgehead atoms. The minimum absolute atomic E-state index is 0.118. The Hall–Kier alpha value is -0.580. The van der Waals surface area contributed by atoms with Gasteiger partial charge in [-0.05, 0) is 63.9 Å². The molecule has 3 nitrogen and oxygen atoms in total. The van der Waals surface area contributed by atoms with Crippen LogP contribution in [0, 0.1) is 0 Å². The van der Waals surface area contributed by atoms with E-state index < -0.39 is 0 Å². The number of nitrogens with one attached hydrogen (secondary N) is 1. The molecule has 0 radical (unpaired) electrons. The smallest absolute Gasteiger partial charge is 0.122 e. The molecule has 120 valence electrons. The van der Waals surface area contributed by atoms with Crippen molar-refractivity contribution in [2.45, 2.75) is 52.2 Å². The molecule has 0 spiro atoms. The summed E-state index contributed by atoms with van der Waals surface area (Å²) in [5.74, 6) is 0.928. The van der Waals surface area contributed by atoms with Crippen molar-refractivity contribution >= 4 is 15.9 Å². The van der Waals surface area contributed by atoms with E-state index in [1.165, 1.54) is 5.56 Å². The topological polar surface area (TPSA) is 30.5 Å². The van der Waals surface area contributed by atoms with Crippen molar-refractivity contribution in [2.75, 3.05) is 20.3 Å². The summed E-state index contributed by atoms with van der Waals surface area (Å²) in [5.41, 5.74) is 1.08. The lowest BCUT2D eigenvalue weighted by molar-refractivity contribution is -0.0143. The van der Waals surface area contributed by atoms with E-state index in [9.17, 15) is 0 Å². The van der Waals surface area contributed by atoms with Crippen LogP contribution in [0.15, 0.2) is 22.7 Å². The molecule has 0 aliphatic carbocycles. The highest BCUT2D eigenvalue weighted by Gasteiger charge is 2.17. The summed E-state index contributed by atoms with van der Waals surface area (Å²) in [6.07, 6.45) is 2.00. The highest BCUT2D eigenvalue weighted by molar-refractivity contribution is 9.10. The van der Waals surface area contributed by atoms with Crippen LogP contribution in [0.2, 0.25) is 0 Å². The van der Waals surface area contributed by atoms with Crippen LogP contribution in [0.3, 0.4) is 0 Å². The SMILES string of the molecule is CCCNC(COC(C)(C)C)Cc1cc(Br)ccc1OC. The van der Waals surface area contributed by atoms with Gasteiger partial charge >= 0.3 is 0 Å². The molecule has 0 aliphatic heterocycles. The first-order valence-electron chi connectivity index (χ1n) is 7.55. The molecule has 0 fully saturated rings. The van der Waals surface area contributed by atoms with Crippen LogP contribution in [0.1, 0.15) is 39.7 Å². The fourth-order valence-corrected chi connectivity index (χ4v) is 2.47. The Labute approximate surface area is 137 Å². The molecule has 1 aromatic carbocycles. The van der Waals surface area contributed by atoms with Crippen molar-refractivity contribution < 1.29 is 9.47 Å². The Bertz CT molecular complexity index is 429. The zero-order valence-electron chi connectivity index (χ0n) is 13.8. The summed E-state index contributed by atoms with van der Waals surface area (Å²) in [5, 5.41) is 3.57. The highest BCUT2D eigenvalue weighted by atomic mass is 79.9. The first-order valence-corrected chi connectivity index (χ1v) is 8.34. The van der Waals surface area contributed by atoms with E-state index in [0.717, 1.165) is 29.6 Å². The van der Waals surface area contributed by atoms with Crippen LogP contribution in [-0.2, 0) is 11.2 Å². The average molecular weight is 358 g/mol. The van der Waals surface area contributed by atoms with Gasteiger partial charge in [0.15, 0.2) is 0 Å². The van der Waals surface area contributed by atoms with Gasteiger partial charge in [-0.25, -0.2) is 0 Å². The van der Waals surface area contributed by atoms with E-state index in [1.807, 2.05) is 12.1 Å². The molecular formula is C17H28BrNO2. The Kier molecular flexibility index (Phi) is 7.71. The molecule has 1 unspecified atom stereocenters. The fraction of sp³-hybridized carbons (Fsp3) is 0.647. The van der Waals surface area contributed by atoms with Crippen LogP contribution < -0.4 is 10.1 Å². The van der Waals surface area contributed by atoms with Crippen molar-refractivity contribution in [2.24, 2.45) is 0 Å². The van der Waals surface area contributed by atoms with E-state index in [1.54, 1.807) is 7.11 Å². The molecule has 1 rings (SSSR count). The molecule has 0 aromatic heterocycles. The molecule has 1 aromatic rings. The monoisotopic (exact) mass is 357 g/mol. The molecule has 0 saturated carbocycles. The van der Waals surface area contributed by atoms with Crippen molar-refractivity contribution in [1.29, 1.82) is 0 Å². The maximum absolute atomic E-state index is 5.95. The summed E-state index contributed by atoms with van der Waals surface area (Å²) in [4.78, 5) is 0. The fourth-order valence-electron chi connectivity index (χ4n) is 2.06. The van der Waals surface area contributed by atoms with Crippen molar-refractivity contribution in [3.8, 4) is 5.75 Å². The standard InChI is InChI=1S/C17H28BrNO2/c1-6-9-19-15(12-21-17(2,3)4)11-13-10-14(18)7-8-16(13)20-5/h7-8,10,15,19H,6,9,11-12H2,1-5H3. The van der Waals surface area contributed by atoms with Crippen LogP contribution in [0.25, 0.3) is 0 Å². The Morgan fingerprint density at radius 2 is 2.00 bits per heavy atom. The van der Waals surface area contributed by atoms with Gasteiger partial charge in [0.25, 0.3) is 0 Å². The minimum atomic E-state index is -0.118. The summed E-state index contributed by atoms with van der Waals surface area (Å²) in [6.45, 7) is 10.1. The number of rotatable bonds is 8. The van der Waals surface area contributed by atoms with Gasteiger partial charge in [0.2, 0.25) is 0 Å². The molecule has 0 amide bonds. The predicted octanol–water partition coefficient (Wildman–Crippen LogP) is 4.18. The maximum atomic E-state index is 5.95. The number of halogens is 1. The predicted molar refractivity (Wildman–Crippen MR) is 92.2 cm³/mol. The summed E-state index contributed by atoms with van der Waals surface area (Å²) in [7, 11) is 1.72. The average Bonchev–Trinajstić information content (AvgIpc) is 2.41. The molecule has 1 N–H and O–H groups in total. The summed E-state index contributed by atoms with van der Waals surface area (Å²) >= 11 is 3.53. The van der Waals surface area contributed by atoms with Gasteiger partial charge in [-0.15, -0.1) is 0 Å². The first kappa shape index (κ1) is 18.5. The van der Waals surface area contributed by atoms with Gasteiger partial charge < -0.3 is 14.8 Å². The second-order valence-corrected chi connectivity index (χ2v) is 7.15. The van der Waals surface area contributed by atoms with Gasteiger partial charge in [-0.1, -0.05) is 22.9 Å². The third-order valence-corrected chi connectivity index (χ3v) is 3.60. The molecule has 21 heavy (non-hydrogen) atoms. The second kappa shape index (κ2) is 8.76. The third-order valence-electron chi connectivity index (χ3n) is 3.11. The second-order valence-electron chi connectivity index (χ2n) is 6.23. The molecule has 0 aliphatic rings. The highest BCUT2D eigenvalue weighted by Crippen LogP contribution is 2.24. The zero-order chi connectivity index (χ0) is 15.9. The van der Waals surface area contributed by atoms with E-state index >= 15 is 0 Å². The lowest BCUT2D eigenvalue weighted by Crippen LogP contribution is -2.38. The van der Waals surface area contributed by atoms with Crippen molar-refractivity contribution in [1.82, 2.24) is 5.32 Å². The van der Waals surface area contributed by atoms with Crippen LogP contribution in [-0.4, -0.2) is 31.9 Å². The number of benzene rings is 1. The molecule has 1 atom stereocenters. The number of methoxy groups -OCH3 is 1. The first-order chi connectivity index (χ1) is 9.85. The van der Waals surface area contributed by atoms with E-state index in [-0.39, 0.29) is 11.6 Å². The Morgan fingerprint density at radius 3 is 2.57 bits per heavy atom. The molecule has 0 heterocycles. The molecular weight excluding hydrogens is 330 g/mol. The number of hydrogen-bond donors (Lipinski definition) is 1. The lowest BCUT2D eigenvalue weighted by Gasteiger charge is -2.26. The molecule has 4 heteroatoms. The lowest BCUT2D eigenvalue weighted by atomic mass is 10.0. The van der Waals surface area contributed by atoms with Crippen LogP contribution >= 0.6 is 15.9 Å². The summed E-state index contributed by atoms with van der Waals surface area (Å²) < 4.78 is 12.5.